The Morgan fingerprint density at radius 1 is 1.11 bits per heavy atom. The number of thioether (sulfide) groups is 1. The zero-order chi connectivity index (χ0) is 20.1. The van der Waals surface area contributed by atoms with Crippen LogP contribution in [-0.4, -0.2) is 26.3 Å². The van der Waals surface area contributed by atoms with Gasteiger partial charge in [0.1, 0.15) is 23.3 Å². The SMILES string of the molecule is CC(Sc1n[nH]c(/C=C/c2ccc(F)cc2)n1)C(=O)Nc1ccc(F)cc1F. The topological polar surface area (TPSA) is 70.7 Å². The molecule has 0 aliphatic rings. The maximum atomic E-state index is 13.6. The van der Waals surface area contributed by atoms with Crippen molar-refractivity contribution in [1.82, 2.24) is 15.2 Å². The lowest BCUT2D eigenvalue weighted by atomic mass is 10.2. The highest BCUT2D eigenvalue weighted by Crippen LogP contribution is 2.22. The van der Waals surface area contributed by atoms with E-state index in [0.717, 1.165) is 29.5 Å². The fourth-order valence-corrected chi connectivity index (χ4v) is 2.90. The molecule has 1 heterocycles. The Kier molecular flexibility index (Phi) is 6.15. The second-order valence-corrected chi connectivity index (χ2v) is 7.07. The van der Waals surface area contributed by atoms with Crippen LogP contribution >= 0.6 is 11.8 Å². The highest BCUT2D eigenvalue weighted by molar-refractivity contribution is 8.00. The van der Waals surface area contributed by atoms with Crippen molar-refractivity contribution in [1.29, 1.82) is 0 Å². The highest BCUT2D eigenvalue weighted by Gasteiger charge is 2.18. The zero-order valence-electron chi connectivity index (χ0n) is 14.6. The Labute approximate surface area is 163 Å². The Hall–Kier alpha value is -3.07. The van der Waals surface area contributed by atoms with Gasteiger partial charge in [0.15, 0.2) is 0 Å². The quantitative estimate of drug-likeness (QED) is 0.593. The van der Waals surface area contributed by atoms with E-state index in [9.17, 15) is 18.0 Å². The normalized spacial score (nSPS) is 12.3. The molecule has 3 rings (SSSR count). The van der Waals surface area contributed by atoms with Crippen LogP contribution in [-0.2, 0) is 4.79 Å². The number of carbonyl (C=O) groups is 1. The Bertz CT molecular complexity index is 1000. The number of hydrogen-bond acceptors (Lipinski definition) is 4. The molecule has 5 nitrogen and oxygen atoms in total. The van der Waals surface area contributed by atoms with Gasteiger partial charge in [-0.25, -0.2) is 18.2 Å². The number of amides is 1. The van der Waals surface area contributed by atoms with Crippen molar-refractivity contribution in [2.45, 2.75) is 17.3 Å². The molecule has 1 amide bonds. The van der Waals surface area contributed by atoms with Gasteiger partial charge in [0.2, 0.25) is 11.1 Å². The van der Waals surface area contributed by atoms with E-state index in [0.29, 0.717) is 17.0 Å². The van der Waals surface area contributed by atoms with Crippen LogP contribution in [0.1, 0.15) is 18.3 Å². The molecule has 0 spiro atoms. The van der Waals surface area contributed by atoms with E-state index < -0.39 is 22.8 Å². The predicted octanol–water partition coefficient (Wildman–Crippen LogP) is 4.51. The van der Waals surface area contributed by atoms with Crippen LogP contribution in [0.15, 0.2) is 47.6 Å². The summed E-state index contributed by atoms with van der Waals surface area (Å²) in [5.74, 6) is -1.90. The minimum absolute atomic E-state index is 0.100. The summed E-state index contributed by atoms with van der Waals surface area (Å²) in [5.41, 5.74) is 0.692. The molecule has 9 heteroatoms. The van der Waals surface area contributed by atoms with Gasteiger partial charge in [-0.05, 0) is 42.8 Å². The summed E-state index contributed by atoms with van der Waals surface area (Å²) < 4.78 is 39.4. The molecule has 2 N–H and O–H groups in total. The molecule has 1 aromatic heterocycles. The fraction of sp³-hybridized carbons (Fsp3) is 0.105. The van der Waals surface area contributed by atoms with E-state index >= 15 is 0 Å². The first kappa shape index (κ1) is 19.7. The lowest BCUT2D eigenvalue weighted by molar-refractivity contribution is -0.115. The summed E-state index contributed by atoms with van der Waals surface area (Å²) in [6.45, 7) is 1.62. The average molecular weight is 404 g/mol. The number of halogens is 3. The van der Waals surface area contributed by atoms with Gasteiger partial charge in [0.25, 0.3) is 0 Å². The highest BCUT2D eigenvalue weighted by atomic mass is 32.2. The molecule has 144 valence electrons. The summed E-state index contributed by atoms with van der Waals surface area (Å²) >= 11 is 1.08. The Morgan fingerprint density at radius 2 is 1.82 bits per heavy atom. The van der Waals surface area contributed by atoms with Crippen LogP contribution in [0, 0.1) is 17.5 Å². The Balaban J connectivity index is 1.59. The van der Waals surface area contributed by atoms with Crippen molar-refractivity contribution in [3.8, 4) is 0 Å². The molecule has 0 aliphatic heterocycles. The summed E-state index contributed by atoms with van der Waals surface area (Å²) in [6, 6.07) is 8.87. The number of anilines is 1. The molecule has 1 atom stereocenters. The molecule has 0 bridgehead atoms. The van der Waals surface area contributed by atoms with Gasteiger partial charge in [-0.3, -0.25) is 9.89 Å². The number of nitrogens with zero attached hydrogens (tertiary/aromatic N) is 2. The first-order valence-corrected chi connectivity index (χ1v) is 9.07. The van der Waals surface area contributed by atoms with E-state index in [1.807, 2.05) is 0 Å². The molecule has 1 unspecified atom stereocenters. The van der Waals surface area contributed by atoms with Gasteiger partial charge in [0, 0.05) is 6.07 Å². The molecule has 2 aromatic carbocycles. The average Bonchev–Trinajstić information content (AvgIpc) is 3.11. The number of H-pyrrole nitrogens is 1. The number of nitrogens with one attached hydrogen (secondary N) is 2. The number of rotatable bonds is 6. The fourth-order valence-electron chi connectivity index (χ4n) is 2.17. The maximum Gasteiger partial charge on any atom is 0.237 e. The number of aromatic amines is 1. The smallest absolute Gasteiger partial charge is 0.237 e. The second-order valence-electron chi connectivity index (χ2n) is 5.76. The lowest BCUT2D eigenvalue weighted by Gasteiger charge is -2.10. The van der Waals surface area contributed by atoms with Crippen molar-refractivity contribution in [2.75, 3.05) is 5.32 Å². The molecular formula is C19H15F3N4OS. The van der Waals surface area contributed by atoms with Gasteiger partial charge in [0.05, 0.1) is 10.9 Å². The van der Waals surface area contributed by atoms with Crippen molar-refractivity contribution in [2.24, 2.45) is 0 Å². The first-order chi connectivity index (χ1) is 13.4. The van der Waals surface area contributed by atoms with Crippen LogP contribution in [0.25, 0.3) is 12.2 Å². The maximum absolute atomic E-state index is 13.6. The number of aromatic nitrogens is 3. The molecule has 0 radical (unpaired) electrons. The zero-order valence-corrected chi connectivity index (χ0v) is 15.4. The summed E-state index contributed by atoms with van der Waals surface area (Å²) in [5, 5.41) is 8.85. The summed E-state index contributed by atoms with van der Waals surface area (Å²) in [7, 11) is 0. The van der Waals surface area contributed by atoms with Crippen molar-refractivity contribution < 1.29 is 18.0 Å². The van der Waals surface area contributed by atoms with E-state index in [1.165, 1.54) is 12.1 Å². The van der Waals surface area contributed by atoms with E-state index in [-0.39, 0.29) is 11.5 Å². The molecule has 0 saturated carbocycles. The summed E-state index contributed by atoms with van der Waals surface area (Å²) in [4.78, 5) is 16.4. The van der Waals surface area contributed by atoms with Crippen LogP contribution in [0.2, 0.25) is 0 Å². The molecule has 0 aliphatic carbocycles. The van der Waals surface area contributed by atoms with Crippen molar-refractivity contribution in [3.05, 3.63) is 71.3 Å². The predicted molar refractivity (Wildman–Crippen MR) is 102 cm³/mol. The molecular weight excluding hydrogens is 389 g/mol. The van der Waals surface area contributed by atoms with Crippen LogP contribution < -0.4 is 5.32 Å². The second kappa shape index (κ2) is 8.75. The lowest BCUT2D eigenvalue weighted by Crippen LogP contribution is -2.23. The van der Waals surface area contributed by atoms with E-state index in [1.54, 1.807) is 31.2 Å². The van der Waals surface area contributed by atoms with Crippen molar-refractivity contribution >= 4 is 35.5 Å². The third-order valence-electron chi connectivity index (χ3n) is 3.63. The van der Waals surface area contributed by atoms with E-state index in [4.69, 9.17) is 0 Å². The van der Waals surface area contributed by atoms with Gasteiger partial charge in [-0.15, -0.1) is 5.10 Å². The summed E-state index contributed by atoms with van der Waals surface area (Å²) in [6.07, 6.45) is 3.41. The monoisotopic (exact) mass is 404 g/mol. The minimum atomic E-state index is -0.850. The number of benzene rings is 2. The van der Waals surface area contributed by atoms with Crippen LogP contribution in [0.5, 0.6) is 0 Å². The van der Waals surface area contributed by atoms with Crippen LogP contribution in [0.4, 0.5) is 18.9 Å². The van der Waals surface area contributed by atoms with Gasteiger partial charge in [-0.2, -0.15) is 0 Å². The van der Waals surface area contributed by atoms with E-state index in [2.05, 4.69) is 20.5 Å². The standard InChI is InChI=1S/C19H15F3N4OS/c1-11(18(27)23-16-8-7-14(21)10-15(16)22)28-19-24-17(25-26-19)9-4-12-2-5-13(20)6-3-12/h2-11H,1H3,(H,23,27)(H,24,25,26)/b9-4+. The van der Waals surface area contributed by atoms with Gasteiger partial charge in [-0.1, -0.05) is 30.0 Å². The van der Waals surface area contributed by atoms with Crippen molar-refractivity contribution in [3.63, 3.8) is 0 Å². The van der Waals surface area contributed by atoms with Crippen LogP contribution in [0.3, 0.4) is 0 Å². The minimum Gasteiger partial charge on any atom is -0.323 e. The first-order valence-electron chi connectivity index (χ1n) is 8.19. The number of carbonyl (C=O) groups excluding carboxylic acids is 1. The van der Waals surface area contributed by atoms with Gasteiger partial charge < -0.3 is 5.32 Å². The molecule has 0 saturated heterocycles. The molecule has 0 fully saturated rings. The number of hydrogen-bond donors (Lipinski definition) is 2. The molecule has 3 aromatic rings. The molecule has 28 heavy (non-hydrogen) atoms. The third-order valence-corrected chi connectivity index (χ3v) is 4.59. The Morgan fingerprint density at radius 3 is 2.54 bits per heavy atom. The van der Waals surface area contributed by atoms with Gasteiger partial charge >= 0.3 is 0 Å². The third kappa shape index (κ3) is 5.23. The largest absolute Gasteiger partial charge is 0.323 e.